The maximum absolute atomic E-state index is 10.8. The summed E-state index contributed by atoms with van der Waals surface area (Å²) in [6, 6.07) is 5.63. The second-order valence-electron chi connectivity index (χ2n) is 5.10. The maximum atomic E-state index is 10.8. The molecule has 0 radical (unpaired) electrons. The Morgan fingerprint density at radius 1 is 1.29 bits per heavy atom. The van der Waals surface area contributed by atoms with Gasteiger partial charge in [0.05, 0.1) is 30.6 Å². The van der Waals surface area contributed by atoms with Gasteiger partial charge in [-0.05, 0) is 40.5 Å². The fraction of sp³-hybridized carbons (Fsp3) is 0.400. The van der Waals surface area contributed by atoms with Crippen LogP contribution >= 0.6 is 15.9 Å². The summed E-state index contributed by atoms with van der Waals surface area (Å²) in [4.78, 5) is 0. The number of aromatic nitrogens is 2. The third-order valence-electron chi connectivity index (χ3n) is 3.40. The summed E-state index contributed by atoms with van der Waals surface area (Å²) in [6.45, 7) is 1.77. The Hall–Kier alpha value is -1.53. The number of halogens is 1. The Labute approximate surface area is 132 Å². The molecule has 1 N–H and O–H groups in total. The summed E-state index contributed by atoms with van der Waals surface area (Å²) in [6.07, 6.45) is 2.11. The van der Waals surface area contributed by atoms with Crippen LogP contribution in [-0.2, 0) is 19.1 Å². The average Bonchev–Trinajstić information content (AvgIpc) is 2.78. The average molecular weight is 355 g/mol. The molecule has 5 nitrogen and oxygen atoms in total. The number of ether oxygens (including phenoxy) is 2. The van der Waals surface area contributed by atoms with Gasteiger partial charge in [-0.25, -0.2) is 0 Å². The van der Waals surface area contributed by atoms with Crippen molar-refractivity contribution < 1.29 is 14.6 Å². The Morgan fingerprint density at radius 2 is 1.95 bits per heavy atom. The van der Waals surface area contributed by atoms with E-state index in [0.717, 1.165) is 15.7 Å². The fourth-order valence-corrected chi connectivity index (χ4v) is 3.26. The lowest BCUT2D eigenvalue weighted by molar-refractivity contribution is 0.0482. The van der Waals surface area contributed by atoms with E-state index in [1.807, 2.05) is 25.2 Å². The van der Waals surface area contributed by atoms with Gasteiger partial charge < -0.3 is 14.6 Å². The normalized spacial score (nSPS) is 13.8. The van der Waals surface area contributed by atoms with Crippen molar-refractivity contribution >= 4 is 15.9 Å². The summed E-state index contributed by atoms with van der Waals surface area (Å²) in [5.41, 5.74) is 0.631. The SMILES string of the molecule is COc1ccc(CC(C)(O)c2c(Br)cnn2C)cc1OC. The van der Waals surface area contributed by atoms with Gasteiger partial charge in [0, 0.05) is 13.5 Å². The summed E-state index contributed by atoms with van der Waals surface area (Å²) in [5.74, 6) is 1.32. The quantitative estimate of drug-likeness (QED) is 0.896. The van der Waals surface area contributed by atoms with Gasteiger partial charge in [0.1, 0.15) is 5.60 Å². The molecule has 0 saturated heterocycles. The predicted molar refractivity (Wildman–Crippen MR) is 83.7 cm³/mol. The minimum Gasteiger partial charge on any atom is -0.493 e. The Morgan fingerprint density at radius 3 is 2.48 bits per heavy atom. The minimum absolute atomic E-state index is 0.436. The number of aliphatic hydroxyl groups is 1. The topological polar surface area (TPSA) is 56.5 Å². The van der Waals surface area contributed by atoms with E-state index in [1.54, 1.807) is 32.0 Å². The standard InChI is InChI=1S/C15H19BrN2O3/c1-15(19,14-11(16)9-17-18(14)2)8-10-5-6-12(20-3)13(7-10)21-4/h5-7,9,19H,8H2,1-4H3. The van der Waals surface area contributed by atoms with Crippen LogP contribution in [0, 0.1) is 0 Å². The molecule has 0 spiro atoms. The van der Waals surface area contributed by atoms with E-state index in [0.29, 0.717) is 17.9 Å². The van der Waals surface area contributed by atoms with Crippen molar-refractivity contribution in [3.63, 3.8) is 0 Å². The number of hydrogen-bond donors (Lipinski definition) is 1. The van der Waals surface area contributed by atoms with Crippen molar-refractivity contribution in [2.24, 2.45) is 7.05 Å². The zero-order chi connectivity index (χ0) is 15.6. The van der Waals surface area contributed by atoms with Gasteiger partial charge in [-0.3, -0.25) is 4.68 Å². The first-order valence-corrected chi connectivity index (χ1v) is 7.29. The Kier molecular flexibility index (Phi) is 4.58. The summed E-state index contributed by atoms with van der Waals surface area (Å²) in [5, 5.41) is 15.0. The van der Waals surface area contributed by atoms with Crippen molar-refractivity contribution in [3.05, 3.63) is 40.1 Å². The molecule has 0 aliphatic heterocycles. The van der Waals surface area contributed by atoms with E-state index >= 15 is 0 Å². The molecule has 6 heteroatoms. The molecule has 0 aliphatic carbocycles. The molecule has 1 unspecified atom stereocenters. The largest absolute Gasteiger partial charge is 0.493 e. The van der Waals surface area contributed by atoms with E-state index < -0.39 is 5.60 Å². The highest BCUT2D eigenvalue weighted by Gasteiger charge is 2.30. The minimum atomic E-state index is -1.05. The fourth-order valence-electron chi connectivity index (χ4n) is 2.49. The predicted octanol–water partition coefficient (Wildman–Crippen LogP) is 2.65. The van der Waals surface area contributed by atoms with E-state index in [2.05, 4.69) is 21.0 Å². The molecule has 2 aromatic rings. The molecule has 114 valence electrons. The molecule has 1 aromatic heterocycles. The smallest absolute Gasteiger partial charge is 0.160 e. The lowest BCUT2D eigenvalue weighted by Gasteiger charge is -2.24. The van der Waals surface area contributed by atoms with E-state index in [-0.39, 0.29) is 0 Å². The lowest BCUT2D eigenvalue weighted by Crippen LogP contribution is -2.28. The highest BCUT2D eigenvalue weighted by Crippen LogP contribution is 2.33. The number of nitrogens with zero attached hydrogens (tertiary/aromatic N) is 2. The van der Waals surface area contributed by atoms with Crippen LogP contribution in [0.4, 0.5) is 0 Å². The summed E-state index contributed by atoms with van der Waals surface area (Å²) >= 11 is 3.43. The zero-order valence-electron chi connectivity index (χ0n) is 12.6. The second-order valence-corrected chi connectivity index (χ2v) is 5.96. The number of rotatable bonds is 5. The van der Waals surface area contributed by atoms with Crippen molar-refractivity contribution in [1.29, 1.82) is 0 Å². The van der Waals surface area contributed by atoms with Gasteiger partial charge >= 0.3 is 0 Å². The Bertz CT molecular complexity index is 618. The van der Waals surface area contributed by atoms with Gasteiger partial charge in [0.25, 0.3) is 0 Å². The number of benzene rings is 1. The van der Waals surface area contributed by atoms with Crippen LogP contribution in [-0.4, -0.2) is 29.1 Å². The van der Waals surface area contributed by atoms with Gasteiger partial charge in [-0.1, -0.05) is 6.07 Å². The molecule has 0 bridgehead atoms. The third kappa shape index (κ3) is 3.22. The van der Waals surface area contributed by atoms with Crippen LogP contribution in [0.2, 0.25) is 0 Å². The van der Waals surface area contributed by atoms with Gasteiger partial charge in [0.2, 0.25) is 0 Å². The van der Waals surface area contributed by atoms with E-state index in [1.165, 1.54) is 0 Å². The molecule has 0 fully saturated rings. The van der Waals surface area contributed by atoms with Crippen molar-refractivity contribution in [3.8, 4) is 11.5 Å². The molecule has 1 heterocycles. The highest BCUT2D eigenvalue weighted by atomic mass is 79.9. The van der Waals surface area contributed by atoms with Crippen LogP contribution in [0.3, 0.4) is 0 Å². The molecular weight excluding hydrogens is 336 g/mol. The van der Waals surface area contributed by atoms with E-state index in [4.69, 9.17) is 9.47 Å². The van der Waals surface area contributed by atoms with Crippen LogP contribution in [0.25, 0.3) is 0 Å². The van der Waals surface area contributed by atoms with Crippen LogP contribution in [0.1, 0.15) is 18.2 Å². The van der Waals surface area contributed by atoms with Crippen molar-refractivity contribution in [2.45, 2.75) is 18.9 Å². The van der Waals surface area contributed by atoms with Crippen LogP contribution in [0.5, 0.6) is 11.5 Å². The second kappa shape index (κ2) is 6.07. The van der Waals surface area contributed by atoms with E-state index in [9.17, 15) is 5.11 Å². The maximum Gasteiger partial charge on any atom is 0.160 e. The first-order valence-electron chi connectivity index (χ1n) is 6.50. The lowest BCUT2D eigenvalue weighted by atomic mass is 9.93. The van der Waals surface area contributed by atoms with Gasteiger partial charge in [-0.15, -0.1) is 0 Å². The summed E-state index contributed by atoms with van der Waals surface area (Å²) < 4.78 is 13.0. The molecule has 1 aromatic carbocycles. The van der Waals surface area contributed by atoms with Crippen molar-refractivity contribution in [2.75, 3.05) is 14.2 Å². The molecule has 0 saturated carbocycles. The summed E-state index contributed by atoms with van der Waals surface area (Å²) in [7, 11) is 5.00. The van der Waals surface area contributed by atoms with Gasteiger partial charge in [0.15, 0.2) is 11.5 Å². The first kappa shape index (κ1) is 15.9. The number of methoxy groups -OCH3 is 2. The molecule has 1 atom stereocenters. The monoisotopic (exact) mass is 354 g/mol. The highest BCUT2D eigenvalue weighted by molar-refractivity contribution is 9.10. The molecule has 0 aliphatic rings. The Balaban J connectivity index is 2.32. The molecular formula is C15H19BrN2O3. The van der Waals surface area contributed by atoms with Crippen LogP contribution in [0.15, 0.2) is 28.9 Å². The zero-order valence-corrected chi connectivity index (χ0v) is 14.1. The number of hydrogen-bond acceptors (Lipinski definition) is 4. The third-order valence-corrected chi connectivity index (χ3v) is 3.98. The molecule has 0 amide bonds. The molecule has 2 rings (SSSR count). The van der Waals surface area contributed by atoms with Gasteiger partial charge in [-0.2, -0.15) is 5.10 Å². The first-order chi connectivity index (χ1) is 9.89. The van der Waals surface area contributed by atoms with Crippen molar-refractivity contribution in [1.82, 2.24) is 9.78 Å². The number of aryl methyl sites for hydroxylation is 1. The van der Waals surface area contributed by atoms with Crippen LogP contribution < -0.4 is 9.47 Å². The molecule has 21 heavy (non-hydrogen) atoms.